The lowest BCUT2D eigenvalue weighted by Gasteiger charge is -2.28. The standard InChI is InChI=1S/C15H22O3/c1-4-7-11-10(2)15(8-5-6-9-15)13(16)12(11)14(17)18-3/h10H,4-9H2,1-3H3/t10-/m0/s1. The molecule has 0 aromatic carbocycles. The zero-order valence-corrected chi connectivity index (χ0v) is 11.5. The van der Waals surface area contributed by atoms with Crippen molar-refractivity contribution in [2.45, 2.75) is 52.4 Å². The van der Waals surface area contributed by atoms with Crippen LogP contribution in [0.1, 0.15) is 52.4 Å². The van der Waals surface area contributed by atoms with Crippen molar-refractivity contribution in [3.05, 3.63) is 11.1 Å². The molecule has 0 aromatic heterocycles. The van der Waals surface area contributed by atoms with E-state index in [9.17, 15) is 9.59 Å². The van der Waals surface area contributed by atoms with Crippen LogP contribution in [0.25, 0.3) is 0 Å². The highest BCUT2D eigenvalue weighted by molar-refractivity contribution is 6.22. The Hall–Kier alpha value is -1.12. The predicted octanol–water partition coefficient (Wildman–Crippen LogP) is 3.04. The van der Waals surface area contributed by atoms with Crippen molar-refractivity contribution in [3.63, 3.8) is 0 Å². The Morgan fingerprint density at radius 1 is 1.39 bits per heavy atom. The molecule has 1 saturated carbocycles. The molecular formula is C15H22O3. The summed E-state index contributed by atoms with van der Waals surface area (Å²) in [6.45, 7) is 4.20. The molecule has 2 rings (SSSR count). The van der Waals surface area contributed by atoms with Crippen molar-refractivity contribution < 1.29 is 14.3 Å². The van der Waals surface area contributed by atoms with Gasteiger partial charge in [0, 0.05) is 5.41 Å². The average Bonchev–Trinajstić information content (AvgIpc) is 2.93. The number of ether oxygens (including phenoxy) is 1. The van der Waals surface area contributed by atoms with Crippen LogP contribution in [0.2, 0.25) is 0 Å². The minimum atomic E-state index is -0.431. The number of methoxy groups -OCH3 is 1. The van der Waals surface area contributed by atoms with Gasteiger partial charge in [-0.25, -0.2) is 4.79 Å². The van der Waals surface area contributed by atoms with Gasteiger partial charge in [-0.2, -0.15) is 0 Å². The fourth-order valence-corrected chi connectivity index (χ4v) is 3.74. The Labute approximate surface area is 109 Å². The molecule has 0 bridgehead atoms. The molecule has 0 unspecified atom stereocenters. The van der Waals surface area contributed by atoms with Crippen LogP contribution in [0.3, 0.4) is 0 Å². The van der Waals surface area contributed by atoms with Gasteiger partial charge in [0.05, 0.1) is 7.11 Å². The molecule has 1 atom stereocenters. The zero-order chi connectivity index (χ0) is 13.3. The normalized spacial score (nSPS) is 26.2. The lowest BCUT2D eigenvalue weighted by molar-refractivity contribution is -0.139. The van der Waals surface area contributed by atoms with Crippen LogP contribution in [-0.4, -0.2) is 18.9 Å². The van der Waals surface area contributed by atoms with Crippen LogP contribution in [0.4, 0.5) is 0 Å². The molecule has 0 heterocycles. The number of Topliss-reactive ketones (excluding diaryl/α,β-unsaturated/α-hetero) is 1. The van der Waals surface area contributed by atoms with Crippen LogP contribution < -0.4 is 0 Å². The highest BCUT2D eigenvalue weighted by atomic mass is 16.5. The maximum atomic E-state index is 12.7. The minimum Gasteiger partial charge on any atom is -0.465 e. The first-order valence-corrected chi connectivity index (χ1v) is 6.94. The molecule has 0 aromatic rings. The number of rotatable bonds is 3. The zero-order valence-electron chi connectivity index (χ0n) is 11.5. The van der Waals surface area contributed by atoms with Crippen molar-refractivity contribution in [3.8, 4) is 0 Å². The Kier molecular flexibility index (Phi) is 3.60. The molecular weight excluding hydrogens is 228 g/mol. The monoisotopic (exact) mass is 250 g/mol. The molecule has 1 spiro atoms. The SMILES string of the molecule is CCCC1=C(C(=O)OC)C(=O)C2(CCCC2)[C@H]1C. The van der Waals surface area contributed by atoms with Gasteiger partial charge in [-0.1, -0.05) is 33.1 Å². The van der Waals surface area contributed by atoms with E-state index in [1.54, 1.807) is 0 Å². The van der Waals surface area contributed by atoms with E-state index in [0.29, 0.717) is 5.57 Å². The van der Waals surface area contributed by atoms with Crippen LogP contribution in [-0.2, 0) is 14.3 Å². The topological polar surface area (TPSA) is 43.4 Å². The summed E-state index contributed by atoms with van der Waals surface area (Å²) < 4.78 is 4.81. The smallest absolute Gasteiger partial charge is 0.341 e. The first-order valence-electron chi connectivity index (χ1n) is 6.94. The molecule has 100 valence electrons. The summed E-state index contributed by atoms with van der Waals surface area (Å²) in [5.74, 6) is -0.163. The Morgan fingerprint density at radius 2 is 2.00 bits per heavy atom. The Balaban J connectivity index is 2.43. The number of allylic oxidation sites excluding steroid dienone is 1. The molecule has 1 fully saturated rings. The summed E-state index contributed by atoms with van der Waals surface area (Å²) >= 11 is 0. The number of ketones is 1. The van der Waals surface area contributed by atoms with Gasteiger partial charge in [-0.15, -0.1) is 0 Å². The summed E-state index contributed by atoms with van der Waals surface area (Å²) in [5, 5.41) is 0. The maximum Gasteiger partial charge on any atom is 0.341 e. The van der Waals surface area contributed by atoms with Gasteiger partial charge in [0.15, 0.2) is 5.78 Å². The molecule has 0 radical (unpaired) electrons. The maximum absolute atomic E-state index is 12.7. The second-order valence-corrected chi connectivity index (χ2v) is 5.56. The largest absolute Gasteiger partial charge is 0.465 e. The van der Waals surface area contributed by atoms with E-state index in [4.69, 9.17) is 4.74 Å². The minimum absolute atomic E-state index is 0.0581. The van der Waals surface area contributed by atoms with E-state index >= 15 is 0 Å². The number of hydrogen-bond acceptors (Lipinski definition) is 3. The highest BCUT2D eigenvalue weighted by Gasteiger charge is 2.54. The van der Waals surface area contributed by atoms with E-state index in [2.05, 4.69) is 13.8 Å². The lowest BCUT2D eigenvalue weighted by atomic mass is 9.73. The Bertz CT molecular complexity index is 400. The third-order valence-electron chi connectivity index (χ3n) is 4.76. The van der Waals surface area contributed by atoms with Gasteiger partial charge in [0.1, 0.15) is 5.57 Å². The predicted molar refractivity (Wildman–Crippen MR) is 69.0 cm³/mol. The molecule has 0 amide bonds. The van der Waals surface area contributed by atoms with Gasteiger partial charge in [-0.3, -0.25) is 4.79 Å². The van der Waals surface area contributed by atoms with Gasteiger partial charge in [0.2, 0.25) is 0 Å². The molecule has 3 heteroatoms. The second kappa shape index (κ2) is 4.87. The summed E-state index contributed by atoms with van der Waals surface area (Å²) in [6.07, 6.45) is 5.86. The third-order valence-corrected chi connectivity index (χ3v) is 4.76. The number of carbonyl (C=O) groups is 2. The van der Waals surface area contributed by atoms with Crippen molar-refractivity contribution in [2.24, 2.45) is 11.3 Å². The van der Waals surface area contributed by atoms with Crippen molar-refractivity contribution >= 4 is 11.8 Å². The van der Waals surface area contributed by atoms with E-state index in [1.165, 1.54) is 7.11 Å². The molecule has 0 aliphatic heterocycles. The van der Waals surface area contributed by atoms with Gasteiger partial charge in [0.25, 0.3) is 0 Å². The van der Waals surface area contributed by atoms with Gasteiger partial charge in [-0.05, 0) is 30.8 Å². The van der Waals surface area contributed by atoms with E-state index in [-0.39, 0.29) is 17.1 Å². The summed E-state index contributed by atoms with van der Waals surface area (Å²) in [4.78, 5) is 24.6. The number of hydrogen-bond donors (Lipinski definition) is 0. The number of esters is 1. The van der Waals surface area contributed by atoms with Gasteiger partial charge >= 0.3 is 5.97 Å². The van der Waals surface area contributed by atoms with E-state index < -0.39 is 5.97 Å². The first-order chi connectivity index (χ1) is 8.58. The summed E-state index contributed by atoms with van der Waals surface area (Å²) in [7, 11) is 1.36. The molecule has 18 heavy (non-hydrogen) atoms. The Morgan fingerprint density at radius 3 is 2.50 bits per heavy atom. The van der Waals surface area contributed by atoms with Crippen LogP contribution >= 0.6 is 0 Å². The molecule has 3 nitrogen and oxygen atoms in total. The average molecular weight is 250 g/mol. The summed E-state index contributed by atoms with van der Waals surface area (Å²) in [6, 6.07) is 0. The van der Waals surface area contributed by atoms with E-state index in [0.717, 1.165) is 44.1 Å². The van der Waals surface area contributed by atoms with Crippen molar-refractivity contribution in [1.82, 2.24) is 0 Å². The van der Waals surface area contributed by atoms with Crippen LogP contribution in [0.5, 0.6) is 0 Å². The molecule has 2 aliphatic rings. The van der Waals surface area contributed by atoms with E-state index in [1.807, 2.05) is 0 Å². The first kappa shape index (κ1) is 13.3. The fraction of sp³-hybridized carbons (Fsp3) is 0.733. The molecule has 2 aliphatic carbocycles. The highest BCUT2D eigenvalue weighted by Crippen LogP contribution is 2.55. The van der Waals surface area contributed by atoms with Crippen molar-refractivity contribution in [2.75, 3.05) is 7.11 Å². The third kappa shape index (κ3) is 1.72. The van der Waals surface area contributed by atoms with Crippen LogP contribution in [0, 0.1) is 11.3 Å². The molecule has 0 saturated heterocycles. The van der Waals surface area contributed by atoms with Gasteiger partial charge < -0.3 is 4.74 Å². The quantitative estimate of drug-likeness (QED) is 0.571. The van der Waals surface area contributed by atoms with Crippen molar-refractivity contribution in [1.29, 1.82) is 0 Å². The molecule has 0 N–H and O–H groups in total. The fourth-order valence-electron chi connectivity index (χ4n) is 3.74. The van der Waals surface area contributed by atoms with Crippen LogP contribution in [0.15, 0.2) is 11.1 Å². The lowest BCUT2D eigenvalue weighted by Crippen LogP contribution is -2.31. The number of carbonyl (C=O) groups excluding carboxylic acids is 2. The second-order valence-electron chi connectivity index (χ2n) is 5.56. The summed E-state index contributed by atoms with van der Waals surface area (Å²) in [5.41, 5.74) is 1.12.